The molecule has 0 radical (unpaired) electrons. The number of nitrogens with one attached hydrogen (secondary N) is 1. The third kappa shape index (κ3) is 3.72. The van der Waals surface area contributed by atoms with Crippen LogP contribution in [-0.2, 0) is 4.74 Å². The van der Waals surface area contributed by atoms with Gasteiger partial charge in [0.2, 0.25) is 0 Å². The molecule has 2 rings (SSSR count). The van der Waals surface area contributed by atoms with Crippen LogP contribution >= 0.6 is 0 Å². The van der Waals surface area contributed by atoms with E-state index in [1.807, 2.05) is 0 Å². The first kappa shape index (κ1) is 12.3. The van der Waals surface area contributed by atoms with Gasteiger partial charge in [-0.05, 0) is 37.3 Å². The molecule has 0 aliphatic carbocycles. The van der Waals surface area contributed by atoms with E-state index >= 15 is 0 Å². The van der Waals surface area contributed by atoms with E-state index in [9.17, 15) is 0 Å². The van der Waals surface area contributed by atoms with E-state index in [0.717, 1.165) is 31.0 Å². The second-order valence-electron chi connectivity index (χ2n) is 5.82. The van der Waals surface area contributed by atoms with E-state index in [4.69, 9.17) is 4.74 Å². The van der Waals surface area contributed by atoms with Gasteiger partial charge in [0, 0.05) is 26.2 Å². The Kier molecular flexibility index (Phi) is 4.62. The molecule has 3 nitrogen and oxygen atoms in total. The molecule has 2 aliphatic rings. The fourth-order valence-corrected chi connectivity index (χ4v) is 2.90. The molecule has 3 atom stereocenters. The largest absolute Gasteiger partial charge is 0.381 e. The van der Waals surface area contributed by atoms with Crippen LogP contribution in [0.1, 0.15) is 20.3 Å². The maximum Gasteiger partial charge on any atom is 0.0507 e. The smallest absolute Gasteiger partial charge is 0.0507 e. The first-order chi connectivity index (χ1) is 7.74. The minimum Gasteiger partial charge on any atom is -0.381 e. The zero-order valence-corrected chi connectivity index (χ0v) is 10.7. The third-order valence-electron chi connectivity index (χ3n) is 3.67. The van der Waals surface area contributed by atoms with E-state index in [1.165, 1.54) is 39.1 Å². The second kappa shape index (κ2) is 5.99. The van der Waals surface area contributed by atoms with E-state index < -0.39 is 0 Å². The Morgan fingerprint density at radius 2 is 1.88 bits per heavy atom. The Morgan fingerprint density at radius 3 is 2.44 bits per heavy atom. The summed E-state index contributed by atoms with van der Waals surface area (Å²) < 4.78 is 5.47. The van der Waals surface area contributed by atoms with Gasteiger partial charge in [0.1, 0.15) is 0 Å². The van der Waals surface area contributed by atoms with Gasteiger partial charge < -0.3 is 15.0 Å². The predicted octanol–water partition coefficient (Wildman–Crippen LogP) is 1.20. The van der Waals surface area contributed by atoms with Crippen LogP contribution in [0.3, 0.4) is 0 Å². The zero-order chi connectivity index (χ0) is 11.4. The van der Waals surface area contributed by atoms with Gasteiger partial charge in [-0.15, -0.1) is 0 Å². The number of rotatable bonds is 2. The number of ether oxygens (including phenoxy) is 1. The number of hydrogen-bond donors (Lipinski definition) is 1. The zero-order valence-electron chi connectivity index (χ0n) is 10.7. The van der Waals surface area contributed by atoms with E-state index in [-0.39, 0.29) is 0 Å². The van der Waals surface area contributed by atoms with Crippen molar-refractivity contribution < 1.29 is 4.74 Å². The highest BCUT2D eigenvalue weighted by Gasteiger charge is 2.22. The number of hydrogen-bond acceptors (Lipinski definition) is 3. The van der Waals surface area contributed by atoms with Crippen LogP contribution in [-0.4, -0.2) is 50.8 Å². The van der Waals surface area contributed by atoms with Crippen LogP contribution in [0, 0.1) is 17.8 Å². The normalized spacial score (nSPS) is 38.2. The standard InChI is InChI=1S/C13H26N2O/c1-11-5-14-6-12(2)8-15(7-11)9-13-3-4-16-10-13/h11-14H,3-10H2,1-2H3. The highest BCUT2D eigenvalue weighted by atomic mass is 16.5. The number of nitrogens with zero attached hydrogens (tertiary/aromatic N) is 1. The molecule has 16 heavy (non-hydrogen) atoms. The van der Waals surface area contributed by atoms with Crippen LogP contribution in [0.15, 0.2) is 0 Å². The molecule has 2 heterocycles. The molecule has 0 bridgehead atoms. The fourth-order valence-electron chi connectivity index (χ4n) is 2.90. The lowest BCUT2D eigenvalue weighted by atomic mass is 10.0. The van der Waals surface area contributed by atoms with Crippen molar-refractivity contribution in [3.8, 4) is 0 Å². The summed E-state index contributed by atoms with van der Waals surface area (Å²) in [5.74, 6) is 2.33. The summed E-state index contributed by atoms with van der Waals surface area (Å²) >= 11 is 0. The van der Waals surface area contributed by atoms with Gasteiger partial charge in [-0.25, -0.2) is 0 Å². The molecule has 0 aromatic rings. The van der Waals surface area contributed by atoms with Crippen LogP contribution in [0.5, 0.6) is 0 Å². The van der Waals surface area contributed by atoms with Gasteiger partial charge in [0.25, 0.3) is 0 Å². The molecule has 2 aliphatic heterocycles. The first-order valence-electron chi connectivity index (χ1n) is 6.75. The van der Waals surface area contributed by atoms with Crippen molar-refractivity contribution in [1.29, 1.82) is 0 Å². The molecule has 1 N–H and O–H groups in total. The van der Waals surface area contributed by atoms with Gasteiger partial charge in [0.05, 0.1) is 6.61 Å². The Hall–Kier alpha value is -0.120. The van der Waals surface area contributed by atoms with E-state index in [1.54, 1.807) is 0 Å². The summed E-state index contributed by atoms with van der Waals surface area (Å²) in [5, 5.41) is 3.55. The molecule has 0 aromatic carbocycles. The molecule has 0 spiro atoms. The summed E-state index contributed by atoms with van der Waals surface area (Å²) in [4.78, 5) is 2.66. The van der Waals surface area contributed by atoms with Gasteiger partial charge >= 0.3 is 0 Å². The Balaban J connectivity index is 1.83. The maximum atomic E-state index is 5.47. The molecule has 0 amide bonds. The minimum absolute atomic E-state index is 0.773. The summed E-state index contributed by atoms with van der Waals surface area (Å²) in [5.41, 5.74) is 0. The third-order valence-corrected chi connectivity index (χ3v) is 3.67. The van der Waals surface area contributed by atoms with E-state index in [0.29, 0.717) is 0 Å². The molecule has 0 aromatic heterocycles. The summed E-state index contributed by atoms with van der Waals surface area (Å²) in [6.07, 6.45) is 1.26. The van der Waals surface area contributed by atoms with Gasteiger partial charge in [-0.3, -0.25) is 0 Å². The highest BCUT2D eigenvalue weighted by Crippen LogP contribution is 2.16. The van der Waals surface area contributed by atoms with Crippen molar-refractivity contribution in [2.45, 2.75) is 20.3 Å². The van der Waals surface area contributed by atoms with Crippen LogP contribution < -0.4 is 5.32 Å². The first-order valence-corrected chi connectivity index (χ1v) is 6.75. The average molecular weight is 226 g/mol. The highest BCUT2D eigenvalue weighted by molar-refractivity contribution is 4.76. The summed E-state index contributed by atoms with van der Waals surface area (Å²) in [6, 6.07) is 0. The molecule has 3 unspecified atom stereocenters. The maximum absolute atomic E-state index is 5.47. The monoisotopic (exact) mass is 226 g/mol. The summed E-state index contributed by atoms with van der Waals surface area (Å²) in [6.45, 7) is 12.7. The molecule has 94 valence electrons. The molecule has 2 fully saturated rings. The van der Waals surface area contributed by atoms with Gasteiger partial charge in [0.15, 0.2) is 0 Å². The quantitative estimate of drug-likeness (QED) is 0.766. The molecule has 0 saturated carbocycles. The Bertz CT molecular complexity index is 192. The molecular formula is C13H26N2O. The predicted molar refractivity (Wildman–Crippen MR) is 66.6 cm³/mol. The van der Waals surface area contributed by atoms with Crippen molar-refractivity contribution in [3.05, 3.63) is 0 Å². The fraction of sp³-hybridized carbons (Fsp3) is 1.00. The topological polar surface area (TPSA) is 24.5 Å². The molecule has 3 heteroatoms. The van der Waals surface area contributed by atoms with E-state index in [2.05, 4.69) is 24.1 Å². The van der Waals surface area contributed by atoms with Crippen LogP contribution in [0.25, 0.3) is 0 Å². The lowest BCUT2D eigenvalue weighted by Crippen LogP contribution is -2.44. The van der Waals surface area contributed by atoms with Gasteiger partial charge in [-0.1, -0.05) is 13.8 Å². The van der Waals surface area contributed by atoms with Crippen LogP contribution in [0.2, 0.25) is 0 Å². The van der Waals surface area contributed by atoms with Crippen LogP contribution in [0.4, 0.5) is 0 Å². The molecular weight excluding hydrogens is 200 g/mol. The van der Waals surface area contributed by atoms with Crippen molar-refractivity contribution in [2.75, 3.05) is 45.9 Å². The van der Waals surface area contributed by atoms with Crippen molar-refractivity contribution in [3.63, 3.8) is 0 Å². The van der Waals surface area contributed by atoms with Gasteiger partial charge in [-0.2, -0.15) is 0 Å². The summed E-state index contributed by atoms with van der Waals surface area (Å²) in [7, 11) is 0. The molecule has 2 saturated heterocycles. The SMILES string of the molecule is CC1CNCC(C)CN(CC2CCOC2)C1. The van der Waals surface area contributed by atoms with Crippen molar-refractivity contribution in [1.82, 2.24) is 10.2 Å². The van der Waals surface area contributed by atoms with Crippen molar-refractivity contribution in [2.24, 2.45) is 17.8 Å². The lowest BCUT2D eigenvalue weighted by Gasteiger charge is -2.33. The minimum atomic E-state index is 0.773. The Morgan fingerprint density at radius 1 is 1.19 bits per heavy atom. The Labute approximate surface area is 99.5 Å². The average Bonchev–Trinajstić information content (AvgIpc) is 2.67. The second-order valence-corrected chi connectivity index (χ2v) is 5.82. The lowest BCUT2D eigenvalue weighted by molar-refractivity contribution is 0.141. The van der Waals surface area contributed by atoms with Crippen molar-refractivity contribution >= 4 is 0 Å².